The molecule has 0 aromatic heterocycles. The summed E-state index contributed by atoms with van der Waals surface area (Å²) in [5, 5.41) is 3.08. The average Bonchev–Trinajstić information content (AvgIpc) is 2.93. The number of morpholine rings is 1. The van der Waals surface area contributed by atoms with E-state index in [1.54, 1.807) is 0 Å². The van der Waals surface area contributed by atoms with Crippen LogP contribution in [-0.4, -0.2) is 55.2 Å². The maximum absolute atomic E-state index is 13.2. The number of aryl methyl sites for hydroxylation is 1. The Kier molecular flexibility index (Phi) is 9.77. The van der Waals surface area contributed by atoms with E-state index in [2.05, 4.69) is 41.4 Å². The van der Waals surface area contributed by atoms with Crippen molar-refractivity contribution in [1.82, 2.24) is 9.80 Å². The highest BCUT2D eigenvalue weighted by Crippen LogP contribution is 2.17. The highest BCUT2D eigenvalue weighted by atomic mass is 16.5. The summed E-state index contributed by atoms with van der Waals surface area (Å²) in [6.07, 6.45) is 1.90. The normalized spacial score (nSPS) is 13.8. The zero-order chi connectivity index (χ0) is 25.0. The summed E-state index contributed by atoms with van der Waals surface area (Å²) in [5.41, 5.74) is 4.28. The molecule has 0 saturated carbocycles. The van der Waals surface area contributed by atoms with Crippen molar-refractivity contribution >= 4 is 11.7 Å². The summed E-state index contributed by atoms with van der Waals surface area (Å²) in [7, 11) is 0. The fourth-order valence-electron chi connectivity index (χ4n) is 4.24. The molecule has 0 radical (unpaired) electrons. The first kappa shape index (κ1) is 25.7. The van der Waals surface area contributed by atoms with Gasteiger partial charge in [-0.1, -0.05) is 61.5 Å². The molecule has 0 atom stereocenters. The average molecular weight is 488 g/mol. The molecular formula is C30H37N3O3. The molecule has 6 nitrogen and oxygen atoms in total. The minimum atomic E-state index is -0.0781. The van der Waals surface area contributed by atoms with Crippen molar-refractivity contribution in [2.45, 2.75) is 32.9 Å². The molecule has 1 saturated heterocycles. The summed E-state index contributed by atoms with van der Waals surface area (Å²) in [6, 6.07) is 26.2. The van der Waals surface area contributed by atoms with Crippen LogP contribution in [0.5, 0.6) is 5.75 Å². The molecule has 0 bridgehead atoms. The Morgan fingerprint density at radius 1 is 0.917 bits per heavy atom. The first-order valence-electron chi connectivity index (χ1n) is 12.9. The Morgan fingerprint density at radius 3 is 2.31 bits per heavy atom. The van der Waals surface area contributed by atoms with Gasteiger partial charge in [-0.3, -0.25) is 4.90 Å². The number of carbonyl (C=O) groups is 1. The fraction of sp³-hybridized carbons (Fsp3) is 0.367. The van der Waals surface area contributed by atoms with Gasteiger partial charge in [-0.15, -0.1) is 0 Å². The molecule has 3 aromatic carbocycles. The van der Waals surface area contributed by atoms with E-state index in [4.69, 9.17) is 9.47 Å². The van der Waals surface area contributed by atoms with E-state index in [-0.39, 0.29) is 6.03 Å². The number of nitrogens with one attached hydrogen (secondary N) is 1. The zero-order valence-corrected chi connectivity index (χ0v) is 21.2. The SMILES string of the molecule is CCc1ccc(NC(=O)N(CCCN2CCOCC2)Cc2ccc(OCc3ccccc3)cc2)cc1. The molecular weight excluding hydrogens is 450 g/mol. The maximum atomic E-state index is 13.2. The highest BCUT2D eigenvalue weighted by Gasteiger charge is 2.16. The minimum absolute atomic E-state index is 0.0781. The van der Waals surface area contributed by atoms with E-state index < -0.39 is 0 Å². The molecule has 0 unspecified atom stereocenters. The van der Waals surface area contributed by atoms with Gasteiger partial charge in [0.2, 0.25) is 0 Å². The Balaban J connectivity index is 1.35. The smallest absolute Gasteiger partial charge is 0.322 e. The predicted octanol–water partition coefficient (Wildman–Crippen LogP) is 5.58. The number of hydrogen-bond acceptors (Lipinski definition) is 4. The van der Waals surface area contributed by atoms with Crippen LogP contribution in [0.2, 0.25) is 0 Å². The Bertz CT molecular complexity index is 1050. The summed E-state index contributed by atoms with van der Waals surface area (Å²) in [4.78, 5) is 17.5. The third kappa shape index (κ3) is 8.11. The van der Waals surface area contributed by atoms with Crippen molar-refractivity contribution in [3.05, 3.63) is 95.6 Å². The lowest BCUT2D eigenvalue weighted by molar-refractivity contribution is 0.0365. The van der Waals surface area contributed by atoms with Crippen LogP contribution in [0.15, 0.2) is 78.9 Å². The standard InChI is InChI=1S/C30H37N3O3/c1-2-25-9-13-28(14-10-25)31-30(34)33(18-6-17-32-19-21-35-22-20-32)23-26-11-15-29(16-12-26)36-24-27-7-4-3-5-8-27/h3-5,7-16H,2,6,17-24H2,1H3,(H,31,34). The lowest BCUT2D eigenvalue weighted by Crippen LogP contribution is -2.40. The summed E-state index contributed by atoms with van der Waals surface area (Å²) in [5.74, 6) is 0.821. The van der Waals surface area contributed by atoms with Crippen molar-refractivity contribution in [3.8, 4) is 5.75 Å². The van der Waals surface area contributed by atoms with Crippen LogP contribution in [-0.2, 0) is 24.3 Å². The van der Waals surface area contributed by atoms with Crippen molar-refractivity contribution in [3.63, 3.8) is 0 Å². The van der Waals surface area contributed by atoms with Gasteiger partial charge in [-0.05, 0) is 53.8 Å². The van der Waals surface area contributed by atoms with Gasteiger partial charge in [0.15, 0.2) is 0 Å². The Labute approximate surface area is 214 Å². The molecule has 36 heavy (non-hydrogen) atoms. The van der Waals surface area contributed by atoms with Crippen LogP contribution in [0, 0.1) is 0 Å². The van der Waals surface area contributed by atoms with Crippen molar-refractivity contribution in [1.29, 1.82) is 0 Å². The first-order valence-corrected chi connectivity index (χ1v) is 12.9. The lowest BCUT2D eigenvalue weighted by atomic mass is 10.1. The topological polar surface area (TPSA) is 54.0 Å². The zero-order valence-electron chi connectivity index (χ0n) is 21.2. The molecule has 190 valence electrons. The second-order valence-electron chi connectivity index (χ2n) is 9.13. The van der Waals surface area contributed by atoms with Crippen molar-refractivity contribution in [2.24, 2.45) is 0 Å². The van der Waals surface area contributed by atoms with E-state index in [9.17, 15) is 4.79 Å². The molecule has 1 aliphatic heterocycles. The summed E-state index contributed by atoms with van der Waals surface area (Å²) < 4.78 is 11.4. The lowest BCUT2D eigenvalue weighted by Gasteiger charge is -2.28. The van der Waals surface area contributed by atoms with E-state index in [1.165, 1.54) is 5.56 Å². The number of nitrogens with zero attached hydrogens (tertiary/aromatic N) is 2. The number of urea groups is 1. The molecule has 6 heteroatoms. The number of benzene rings is 3. The maximum Gasteiger partial charge on any atom is 0.322 e. The van der Waals surface area contributed by atoms with Gasteiger partial charge in [-0.2, -0.15) is 0 Å². The van der Waals surface area contributed by atoms with Gasteiger partial charge >= 0.3 is 6.03 Å². The second-order valence-corrected chi connectivity index (χ2v) is 9.13. The highest BCUT2D eigenvalue weighted by molar-refractivity contribution is 5.89. The molecule has 3 aromatic rings. The third-order valence-electron chi connectivity index (χ3n) is 6.45. The van der Waals surface area contributed by atoms with Crippen LogP contribution in [0.25, 0.3) is 0 Å². The molecule has 1 N–H and O–H groups in total. The van der Waals surface area contributed by atoms with Crippen LogP contribution in [0.4, 0.5) is 10.5 Å². The number of anilines is 1. The van der Waals surface area contributed by atoms with Crippen molar-refractivity contribution < 1.29 is 14.3 Å². The van der Waals surface area contributed by atoms with Gasteiger partial charge in [0, 0.05) is 38.4 Å². The summed E-state index contributed by atoms with van der Waals surface area (Å²) >= 11 is 0. The monoisotopic (exact) mass is 487 g/mol. The predicted molar refractivity (Wildman–Crippen MR) is 144 cm³/mol. The van der Waals surface area contributed by atoms with E-state index in [1.807, 2.05) is 59.5 Å². The van der Waals surface area contributed by atoms with Gasteiger partial charge in [-0.25, -0.2) is 4.79 Å². The van der Waals surface area contributed by atoms with Crippen LogP contribution < -0.4 is 10.1 Å². The first-order chi connectivity index (χ1) is 17.7. The van der Waals surface area contributed by atoms with Crippen LogP contribution in [0.3, 0.4) is 0 Å². The van der Waals surface area contributed by atoms with Gasteiger partial charge in [0.05, 0.1) is 13.2 Å². The summed E-state index contributed by atoms with van der Waals surface area (Å²) in [6.45, 7) is 8.34. The van der Waals surface area contributed by atoms with E-state index in [0.29, 0.717) is 19.7 Å². The van der Waals surface area contributed by atoms with Crippen LogP contribution >= 0.6 is 0 Å². The van der Waals surface area contributed by atoms with Crippen molar-refractivity contribution in [2.75, 3.05) is 44.7 Å². The Morgan fingerprint density at radius 2 is 1.61 bits per heavy atom. The molecule has 0 spiro atoms. The van der Waals surface area contributed by atoms with E-state index in [0.717, 1.165) is 68.3 Å². The number of carbonyl (C=O) groups excluding carboxylic acids is 1. The van der Waals surface area contributed by atoms with Gasteiger partial charge < -0.3 is 19.7 Å². The molecule has 0 aliphatic carbocycles. The van der Waals surface area contributed by atoms with E-state index >= 15 is 0 Å². The third-order valence-corrected chi connectivity index (χ3v) is 6.45. The molecule has 1 fully saturated rings. The number of amides is 2. The molecule has 2 amide bonds. The molecule has 4 rings (SSSR count). The minimum Gasteiger partial charge on any atom is -0.489 e. The quantitative estimate of drug-likeness (QED) is 0.383. The number of rotatable bonds is 11. The molecule has 1 aliphatic rings. The van der Waals surface area contributed by atoms with Gasteiger partial charge in [0.1, 0.15) is 12.4 Å². The fourth-order valence-corrected chi connectivity index (χ4v) is 4.24. The number of hydrogen-bond donors (Lipinski definition) is 1. The largest absolute Gasteiger partial charge is 0.489 e. The number of ether oxygens (including phenoxy) is 2. The molecule has 1 heterocycles. The Hall–Kier alpha value is -3.35. The van der Waals surface area contributed by atoms with Gasteiger partial charge in [0.25, 0.3) is 0 Å². The van der Waals surface area contributed by atoms with Crippen LogP contribution in [0.1, 0.15) is 30.0 Å². The second kappa shape index (κ2) is 13.7.